The summed E-state index contributed by atoms with van der Waals surface area (Å²) in [5.41, 5.74) is 5.95. The van der Waals surface area contributed by atoms with Crippen molar-refractivity contribution in [3.8, 4) is 0 Å². The van der Waals surface area contributed by atoms with Crippen molar-refractivity contribution in [1.82, 2.24) is 4.90 Å². The molecule has 102 valence electrons. The van der Waals surface area contributed by atoms with Gasteiger partial charge in [0.15, 0.2) is 0 Å². The number of nitro benzene ring substituents is 1. The summed E-state index contributed by atoms with van der Waals surface area (Å²) in [6.45, 7) is 2.30. The second-order valence-corrected chi connectivity index (χ2v) is 4.41. The number of nitrogens with zero attached hydrogens (tertiary/aromatic N) is 3. The Kier molecular flexibility index (Phi) is 3.84. The first kappa shape index (κ1) is 13.1. The van der Waals surface area contributed by atoms with Gasteiger partial charge in [-0.05, 0) is 12.5 Å². The Balaban J connectivity index is 2.19. The number of primary amides is 1. The van der Waals surface area contributed by atoms with Crippen molar-refractivity contribution in [2.45, 2.75) is 6.42 Å². The molecular weight excluding hydrogens is 248 g/mol. The van der Waals surface area contributed by atoms with Crippen LogP contribution in [0.3, 0.4) is 0 Å². The largest absolute Gasteiger partial charge is 0.364 e. The molecule has 7 nitrogen and oxygen atoms in total. The lowest BCUT2D eigenvalue weighted by atomic mass is 10.2. The number of amides is 2. The molecule has 0 unspecified atom stereocenters. The van der Waals surface area contributed by atoms with E-state index in [9.17, 15) is 14.9 Å². The van der Waals surface area contributed by atoms with E-state index in [2.05, 4.69) is 0 Å². The smallest absolute Gasteiger partial charge is 0.314 e. The molecule has 1 aromatic rings. The van der Waals surface area contributed by atoms with Gasteiger partial charge in [-0.1, -0.05) is 12.1 Å². The number of nitro groups is 1. The molecule has 1 aromatic carbocycles. The van der Waals surface area contributed by atoms with Gasteiger partial charge in [0, 0.05) is 32.2 Å². The molecule has 0 bridgehead atoms. The molecule has 1 aliphatic rings. The number of benzene rings is 1. The minimum absolute atomic E-state index is 0.0926. The first-order chi connectivity index (χ1) is 9.09. The average molecular weight is 264 g/mol. The first-order valence-electron chi connectivity index (χ1n) is 6.12. The van der Waals surface area contributed by atoms with E-state index in [1.54, 1.807) is 23.1 Å². The molecule has 2 N–H and O–H groups in total. The van der Waals surface area contributed by atoms with E-state index in [0.29, 0.717) is 31.9 Å². The standard InChI is InChI=1S/C12H16N4O3/c13-12(17)15-7-3-6-14(8-9-15)10-4-1-2-5-11(10)16(18)19/h1-2,4-5H,3,6-9H2,(H2,13,17). The van der Waals surface area contributed by atoms with Crippen molar-refractivity contribution in [2.24, 2.45) is 5.73 Å². The van der Waals surface area contributed by atoms with Crippen LogP contribution in [0.5, 0.6) is 0 Å². The normalized spacial score (nSPS) is 16.0. The van der Waals surface area contributed by atoms with Crippen LogP contribution in [0.15, 0.2) is 24.3 Å². The van der Waals surface area contributed by atoms with Crippen LogP contribution in [0.1, 0.15) is 6.42 Å². The lowest BCUT2D eigenvalue weighted by Gasteiger charge is -2.22. The zero-order chi connectivity index (χ0) is 13.8. The van der Waals surface area contributed by atoms with Crippen LogP contribution < -0.4 is 10.6 Å². The van der Waals surface area contributed by atoms with E-state index in [1.165, 1.54) is 6.07 Å². The predicted octanol–water partition coefficient (Wildman–Crippen LogP) is 1.19. The fraction of sp³-hybridized carbons (Fsp3) is 0.417. The third-order valence-electron chi connectivity index (χ3n) is 3.23. The van der Waals surface area contributed by atoms with Crippen LogP contribution in [-0.4, -0.2) is 42.0 Å². The maximum Gasteiger partial charge on any atom is 0.314 e. The molecule has 0 saturated carbocycles. The highest BCUT2D eigenvalue weighted by Gasteiger charge is 2.22. The molecule has 1 aliphatic heterocycles. The molecule has 2 amide bonds. The molecule has 0 aliphatic carbocycles. The van der Waals surface area contributed by atoms with Gasteiger partial charge in [-0.3, -0.25) is 10.1 Å². The molecule has 0 aromatic heterocycles. The zero-order valence-corrected chi connectivity index (χ0v) is 10.5. The highest BCUT2D eigenvalue weighted by molar-refractivity contribution is 5.72. The SMILES string of the molecule is NC(=O)N1CCCN(c2ccccc2[N+](=O)[O-])CC1. The number of carbonyl (C=O) groups is 1. The Morgan fingerprint density at radius 2 is 1.95 bits per heavy atom. The van der Waals surface area contributed by atoms with Crippen molar-refractivity contribution < 1.29 is 9.72 Å². The molecule has 2 rings (SSSR count). The van der Waals surface area contributed by atoms with Crippen LogP contribution in [0.4, 0.5) is 16.2 Å². The van der Waals surface area contributed by atoms with E-state index >= 15 is 0 Å². The molecule has 0 atom stereocenters. The lowest BCUT2D eigenvalue weighted by Crippen LogP contribution is -2.38. The second kappa shape index (κ2) is 5.55. The number of para-hydroxylation sites is 2. The third-order valence-corrected chi connectivity index (χ3v) is 3.23. The number of nitrogens with two attached hydrogens (primary N) is 1. The maximum atomic E-state index is 11.1. The van der Waals surface area contributed by atoms with Crippen molar-refractivity contribution in [3.05, 3.63) is 34.4 Å². The van der Waals surface area contributed by atoms with Gasteiger partial charge in [-0.15, -0.1) is 0 Å². The lowest BCUT2D eigenvalue weighted by molar-refractivity contribution is -0.384. The van der Waals surface area contributed by atoms with E-state index in [4.69, 9.17) is 5.73 Å². The molecule has 0 spiro atoms. The molecule has 0 radical (unpaired) electrons. The molecule has 1 saturated heterocycles. The van der Waals surface area contributed by atoms with Gasteiger partial charge >= 0.3 is 6.03 Å². The van der Waals surface area contributed by atoms with Gasteiger partial charge in [-0.2, -0.15) is 0 Å². The highest BCUT2D eigenvalue weighted by Crippen LogP contribution is 2.28. The van der Waals surface area contributed by atoms with Crippen LogP contribution >= 0.6 is 0 Å². The van der Waals surface area contributed by atoms with Gasteiger partial charge in [-0.25, -0.2) is 4.79 Å². The molecule has 7 heteroatoms. The van der Waals surface area contributed by atoms with E-state index in [1.807, 2.05) is 4.90 Å². The number of anilines is 1. The molecule has 1 heterocycles. The molecule has 1 fully saturated rings. The minimum atomic E-state index is -0.440. The van der Waals surface area contributed by atoms with Gasteiger partial charge < -0.3 is 15.5 Å². The summed E-state index contributed by atoms with van der Waals surface area (Å²) in [5.74, 6) is 0. The summed E-state index contributed by atoms with van der Waals surface area (Å²) in [6, 6.07) is 6.21. The summed E-state index contributed by atoms with van der Waals surface area (Å²) >= 11 is 0. The van der Waals surface area contributed by atoms with Crippen molar-refractivity contribution in [1.29, 1.82) is 0 Å². The fourth-order valence-corrected chi connectivity index (χ4v) is 2.26. The quantitative estimate of drug-likeness (QED) is 0.641. The van der Waals surface area contributed by atoms with Crippen LogP contribution in [-0.2, 0) is 0 Å². The minimum Gasteiger partial charge on any atom is -0.364 e. The Morgan fingerprint density at radius 1 is 1.21 bits per heavy atom. The Morgan fingerprint density at radius 3 is 2.63 bits per heavy atom. The molecule has 19 heavy (non-hydrogen) atoms. The second-order valence-electron chi connectivity index (χ2n) is 4.41. The maximum absolute atomic E-state index is 11.1. The van der Waals surface area contributed by atoms with Gasteiger partial charge in [0.05, 0.1) is 4.92 Å². The van der Waals surface area contributed by atoms with Gasteiger partial charge in [0.2, 0.25) is 0 Å². The summed E-state index contributed by atoms with van der Waals surface area (Å²) in [6.07, 6.45) is 0.745. The van der Waals surface area contributed by atoms with Gasteiger partial charge in [0.25, 0.3) is 5.69 Å². The highest BCUT2D eigenvalue weighted by atomic mass is 16.6. The monoisotopic (exact) mass is 264 g/mol. The Labute approximate surface area is 110 Å². The zero-order valence-electron chi connectivity index (χ0n) is 10.5. The molecular formula is C12H16N4O3. The van der Waals surface area contributed by atoms with Crippen LogP contribution in [0.25, 0.3) is 0 Å². The van der Waals surface area contributed by atoms with Crippen molar-refractivity contribution >= 4 is 17.4 Å². The van der Waals surface area contributed by atoms with Crippen LogP contribution in [0.2, 0.25) is 0 Å². The van der Waals surface area contributed by atoms with E-state index < -0.39 is 6.03 Å². The number of carbonyl (C=O) groups excluding carboxylic acids is 1. The average Bonchev–Trinajstić information content (AvgIpc) is 2.64. The first-order valence-corrected chi connectivity index (χ1v) is 6.12. The summed E-state index contributed by atoms with van der Waals surface area (Å²) < 4.78 is 0. The number of hydrogen-bond acceptors (Lipinski definition) is 4. The van der Waals surface area contributed by atoms with E-state index in [-0.39, 0.29) is 10.6 Å². The van der Waals surface area contributed by atoms with Gasteiger partial charge in [0.1, 0.15) is 5.69 Å². The topological polar surface area (TPSA) is 92.7 Å². The van der Waals surface area contributed by atoms with E-state index in [0.717, 1.165) is 6.42 Å². The summed E-state index contributed by atoms with van der Waals surface area (Å²) in [5, 5.41) is 11.0. The summed E-state index contributed by atoms with van der Waals surface area (Å²) in [7, 11) is 0. The Bertz CT molecular complexity index is 492. The number of urea groups is 1. The summed E-state index contributed by atoms with van der Waals surface area (Å²) in [4.78, 5) is 25.3. The number of rotatable bonds is 2. The number of hydrogen-bond donors (Lipinski definition) is 1. The van der Waals surface area contributed by atoms with Crippen molar-refractivity contribution in [2.75, 3.05) is 31.1 Å². The Hall–Kier alpha value is -2.31. The predicted molar refractivity (Wildman–Crippen MR) is 71.1 cm³/mol. The fourth-order valence-electron chi connectivity index (χ4n) is 2.26. The van der Waals surface area contributed by atoms with Crippen molar-refractivity contribution in [3.63, 3.8) is 0 Å². The van der Waals surface area contributed by atoms with Crippen LogP contribution in [0, 0.1) is 10.1 Å². The third kappa shape index (κ3) is 2.93.